The third-order valence-corrected chi connectivity index (χ3v) is 16.2. The number of para-hydroxylation sites is 1. The Morgan fingerprint density at radius 1 is 0.870 bits per heavy atom. The quantitative estimate of drug-likeness (QED) is 0.0963. The Hall–Kier alpha value is -3.83. The van der Waals surface area contributed by atoms with Gasteiger partial charge in [0.15, 0.2) is 0 Å². The molecule has 0 amide bonds. The fourth-order valence-electron chi connectivity index (χ4n) is 8.77. The molecule has 0 aliphatic carbocycles. The molecule has 1 saturated heterocycles. The van der Waals surface area contributed by atoms with Gasteiger partial charge < -0.3 is 14.3 Å². The monoisotopic (exact) mass is 758 g/mol. The van der Waals surface area contributed by atoms with E-state index in [1.54, 1.807) is 4.90 Å². The number of aromatic amines is 1. The van der Waals surface area contributed by atoms with E-state index in [1.807, 2.05) is 119 Å². The van der Waals surface area contributed by atoms with E-state index in [0.717, 1.165) is 26.8 Å². The van der Waals surface area contributed by atoms with Crippen molar-refractivity contribution in [3.8, 4) is 0 Å². The Labute approximate surface area is 316 Å². The molecular formula is C44H49F5N3OSi. The molecule has 0 saturated carbocycles. The predicted molar refractivity (Wildman–Crippen MR) is 209 cm³/mol. The second-order valence-corrected chi connectivity index (χ2v) is 20.4. The number of hydrogen-bond acceptors (Lipinski definition) is 3. The molecule has 0 spiro atoms. The number of fused-ring (bicyclic) bond motifs is 3. The highest BCUT2D eigenvalue weighted by Crippen LogP contribution is 2.44. The first-order valence-corrected chi connectivity index (χ1v) is 20.8. The summed E-state index contributed by atoms with van der Waals surface area (Å²) in [5, 5.41) is 2.19. The van der Waals surface area contributed by atoms with Crippen LogP contribution in [-0.4, -0.2) is 74.5 Å². The average molecular weight is 759 g/mol. The summed E-state index contributed by atoms with van der Waals surface area (Å²) in [6.45, 7) is 8.00. The van der Waals surface area contributed by atoms with Crippen molar-refractivity contribution in [2.75, 3.05) is 39.5 Å². The van der Waals surface area contributed by atoms with Gasteiger partial charge in [0.05, 0.1) is 25.9 Å². The highest BCUT2D eigenvalue weighted by atomic mass is 28.4. The molecule has 2 atom stereocenters. The molecule has 285 valence electrons. The first kappa shape index (κ1) is 38.4. The van der Waals surface area contributed by atoms with Crippen molar-refractivity contribution in [2.45, 2.75) is 63.6 Å². The van der Waals surface area contributed by atoms with E-state index in [0.29, 0.717) is 43.7 Å². The summed E-state index contributed by atoms with van der Waals surface area (Å²) in [5.74, 6) is -4.86. The zero-order chi connectivity index (χ0) is 38.3. The number of halogens is 5. The van der Waals surface area contributed by atoms with E-state index in [-0.39, 0.29) is 18.2 Å². The fraction of sp³-hybridized carbons (Fsp3) is 0.386. The van der Waals surface area contributed by atoms with Crippen LogP contribution in [0.2, 0.25) is 5.04 Å². The molecule has 1 aromatic heterocycles. The Morgan fingerprint density at radius 2 is 1.46 bits per heavy atom. The molecule has 0 bridgehead atoms. The van der Waals surface area contributed by atoms with Crippen LogP contribution >= 0.6 is 0 Å². The van der Waals surface area contributed by atoms with Gasteiger partial charge in [-0.05, 0) is 76.8 Å². The van der Waals surface area contributed by atoms with Gasteiger partial charge in [0.25, 0.3) is 14.2 Å². The van der Waals surface area contributed by atoms with Crippen molar-refractivity contribution in [3.05, 3.63) is 138 Å². The number of aromatic nitrogens is 1. The molecule has 2 aliphatic rings. The molecule has 1 radical (unpaired) electrons. The lowest BCUT2D eigenvalue weighted by molar-refractivity contribution is -0.0825. The van der Waals surface area contributed by atoms with Gasteiger partial charge in [-0.2, -0.15) is 0 Å². The Bertz CT molecular complexity index is 1980. The van der Waals surface area contributed by atoms with Crippen molar-refractivity contribution >= 4 is 29.6 Å². The fourth-order valence-corrected chi connectivity index (χ4v) is 13.4. The molecule has 4 aromatic carbocycles. The van der Waals surface area contributed by atoms with Crippen molar-refractivity contribution in [1.82, 2.24) is 14.8 Å². The first-order valence-electron chi connectivity index (χ1n) is 18.9. The van der Waals surface area contributed by atoms with Crippen LogP contribution in [0.4, 0.5) is 22.0 Å². The topological polar surface area (TPSA) is 31.5 Å². The van der Waals surface area contributed by atoms with Crippen molar-refractivity contribution in [3.63, 3.8) is 0 Å². The van der Waals surface area contributed by atoms with Crippen LogP contribution in [0.3, 0.4) is 0 Å². The second-order valence-electron chi connectivity index (χ2n) is 16.1. The summed E-state index contributed by atoms with van der Waals surface area (Å²) in [4.78, 5) is 7.03. The summed E-state index contributed by atoms with van der Waals surface area (Å²) in [7, 11) is -3.30. The molecule has 4 nitrogen and oxygen atoms in total. The third-order valence-electron chi connectivity index (χ3n) is 11.2. The van der Waals surface area contributed by atoms with Gasteiger partial charge in [-0.25, -0.2) is 17.6 Å². The minimum atomic E-state index is -3.39. The molecule has 3 heterocycles. The van der Waals surface area contributed by atoms with Gasteiger partial charge in [-0.3, -0.25) is 9.29 Å². The first-order chi connectivity index (χ1) is 25.8. The second kappa shape index (κ2) is 15.4. The lowest BCUT2D eigenvalue weighted by Gasteiger charge is -2.45. The van der Waals surface area contributed by atoms with Crippen LogP contribution in [0.5, 0.6) is 0 Å². The lowest BCUT2D eigenvalue weighted by atomic mass is 9.86. The van der Waals surface area contributed by atoms with E-state index in [1.165, 1.54) is 12.1 Å². The summed E-state index contributed by atoms with van der Waals surface area (Å²) in [5.41, 5.74) is 2.34. The van der Waals surface area contributed by atoms with Gasteiger partial charge in [-0.1, -0.05) is 99.6 Å². The predicted octanol–water partition coefficient (Wildman–Crippen LogP) is 8.84. The normalized spacial score (nSPS) is 18.9. The maximum absolute atomic E-state index is 16.8. The van der Waals surface area contributed by atoms with Gasteiger partial charge in [-0.15, -0.1) is 0 Å². The number of hydrogen-bond donors (Lipinski definition) is 1. The van der Waals surface area contributed by atoms with Gasteiger partial charge in [0.2, 0.25) is 0 Å². The van der Waals surface area contributed by atoms with Crippen molar-refractivity contribution in [1.29, 1.82) is 0 Å². The number of likely N-dealkylation sites (tertiary alicyclic amines) is 1. The molecule has 0 unspecified atom stereocenters. The maximum atomic E-state index is 16.8. The summed E-state index contributed by atoms with van der Waals surface area (Å²) >= 11 is 0. The molecule has 5 aromatic rings. The van der Waals surface area contributed by atoms with Crippen molar-refractivity contribution in [2.24, 2.45) is 5.92 Å². The highest BCUT2D eigenvalue weighted by Gasteiger charge is 2.52. The molecule has 7 rings (SSSR count). The van der Waals surface area contributed by atoms with Gasteiger partial charge >= 0.3 is 0 Å². The summed E-state index contributed by atoms with van der Waals surface area (Å²) in [6, 6.07) is 27.9. The SMILES string of the molecule is C[C@@H]1Cc2c([nH]c3ccccc23)[C@@H](c2c(F)cc([CH]C3CN(CCCF)C3)cc2F)N1CC(F)(F)CO[Si](c1ccccc1)(c1ccccc1)C(C)(C)C. The lowest BCUT2D eigenvalue weighted by Crippen LogP contribution is -2.67. The van der Waals surface area contributed by atoms with E-state index >= 15 is 17.6 Å². The molecular weight excluding hydrogens is 710 g/mol. The van der Waals surface area contributed by atoms with E-state index in [4.69, 9.17) is 4.43 Å². The van der Waals surface area contributed by atoms with Crippen LogP contribution in [0.1, 0.15) is 62.5 Å². The number of rotatable bonds is 13. The number of nitrogens with zero attached hydrogens (tertiary/aromatic N) is 2. The van der Waals surface area contributed by atoms with E-state index < -0.39 is 56.1 Å². The maximum Gasteiger partial charge on any atom is 0.282 e. The standard InChI is InChI=1S/C44H49F5N3OSi/c1-30-22-36-35-18-11-12-19-39(35)50-41(36)42(40-37(46)24-31(25-38(40)47)23-32-26-51(27-32)21-13-20-45)52(30)28-44(48,49)29-53-54(43(2,3)4,33-14-7-5-8-15-33)34-16-9-6-10-17-34/h5-12,14-19,23-25,30,32,42,50H,13,20-22,26-29H2,1-4H3/t30-,42-/m1/s1. The molecule has 1 fully saturated rings. The number of benzene rings is 4. The van der Waals surface area contributed by atoms with Gasteiger partial charge in [0, 0.05) is 47.8 Å². The number of H-pyrrole nitrogens is 1. The Balaban J connectivity index is 1.23. The zero-order valence-electron chi connectivity index (χ0n) is 31.4. The van der Waals surface area contributed by atoms with Gasteiger partial charge in [0.1, 0.15) is 11.6 Å². The van der Waals surface area contributed by atoms with Crippen LogP contribution in [-0.2, 0) is 10.8 Å². The average Bonchev–Trinajstić information content (AvgIpc) is 3.48. The van der Waals surface area contributed by atoms with Crippen molar-refractivity contribution < 1.29 is 26.4 Å². The summed E-state index contributed by atoms with van der Waals surface area (Å²) in [6.07, 6.45) is 2.73. The Morgan fingerprint density at radius 3 is 2.06 bits per heavy atom. The highest BCUT2D eigenvalue weighted by molar-refractivity contribution is 6.99. The largest absolute Gasteiger partial charge is 0.401 e. The van der Waals surface area contributed by atoms with Crippen LogP contribution < -0.4 is 10.4 Å². The molecule has 2 aliphatic heterocycles. The number of alkyl halides is 3. The van der Waals surface area contributed by atoms with Crippen LogP contribution in [0.15, 0.2) is 97.1 Å². The van der Waals surface area contributed by atoms with Crippen LogP contribution in [0, 0.1) is 24.0 Å². The van der Waals surface area contributed by atoms with E-state index in [2.05, 4.69) is 9.88 Å². The molecule has 10 heteroatoms. The summed E-state index contributed by atoms with van der Waals surface area (Å²) < 4.78 is 85.8. The molecule has 1 N–H and O–H groups in total. The zero-order valence-corrected chi connectivity index (χ0v) is 32.4. The van der Waals surface area contributed by atoms with E-state index in [9.17, 15) is 4.39 Å². The minimum Gasteiger partial charge on any atom is -0.401 e. The minimum absolute atomic E-state index is 0.0926. The molecule has 54 heavy (non-hydrogen) atoms. The Kier molecular flexibility index (Phi) is 10.9. The smallest absolute Gasteiger partial charge is 0.282 e. The third kappa shape index (κ3) is 7.42. The van der Waals surface area contributed by atoms with Crippen LogP contribution in [0.25, 0.3) is 10.9 Å². The number of nitrogens with one attached hydrogen (secondary N) is 1.